The van der Waals surface area contributed by atoms with Crippen molar-refractivity contribution in [2.24, 2.45) is 0 Å². The molecule has 0 saturated carbocycles. The number of hydrogen-bond donors (Lipinski definition) is 2. The van der Waals surface area contributed by atoms with Crippen LogP contribution >= 0.6 is 0 Å². The molecule has 1 heterocycles. The largest absolute Gasteiger partial charge is 0.508 e. The van der Waals surface area contributed by atoms with E-state index < -0.39 is 0 Å². The number of carbonyl (C=O) groups is 1. The fourth-order valence-electron chi connectivity index (χ4n) is 2.15. The molecule has 0 bridgehead atoms. The minimum absolute atomic E-state index is 0.00120. The Balaban J connectivity index is 1.96. The van der Waals surface area contributed by atoms with Crippen LogP contribution in [0.4, 0.5) is 0 Å². The van der Waals surface area contributed by atoms with Gasteiger partial charge in [0.15, 0.2) is 0 Å². The highest BCUT2D eigenvalue weighted by atomic mass is 16.3. The highest BCUT2D eigenvalue weighted by Crippen LogP contribution is 2.12. The minimum Gasteiger partial charge on any atom is -0.508 e. The molecule has 1 fully saturated rings. The average molecular weight is 234 g/mol. The molecule has 1 aromatic rings. The van der Waals surface area contributed by atoms with Crippen molar-refractivity contribution in [3.8, 4) is 5.75 Å². The molecule has 0 spiro atoms. The fourth-order valence-corrected chi connectivity index (χ4v) is 2.15. The van der Waals surface area contributed by atoms with Gasteiger partial charge in [0.25, 0.3) is 5.91 Å². The highest BCUT2D eigenvalue weighted by molar-refractivity contribution is 5.94. The van der Waals surface area contributed by atoms with Gasteiger partial charge < -0.3 is 15.3 Å². The number of carbonyl (C=O) groups excluding carboxylic acids is 1. The predicted octanol–water partition coefficient (Wildman–Crippen LogP) is 1.22. The van der Waals surface area contributed by atoms with Crippen LogP contribution in [0.25, 0.3) is 0 Å². The van der Waals surface area contributed by atoms with Crippen molar-refractivity contribution in [3.63, 3.8) is 0 Å². The van der Waals surface area contributed by atoms with Gasteiger partial charge in [-0.25, -0.2) is 0 Å². The first kappa shape index (κ1) is 11.9. The first-order valence-corrected chi connectivity index (χ1v) is 5.94. The van der Waals surface area contributed by atoms with Crippen molar-refractivity contribution in [2.75, 3.05) is 20.1 Å². The summed E-state index contributed by atoms with van der Waals surface area (Å²) in [5.74, 6) is 0.181. The zero-order valence-electron chi connectivity index (χ0n) is 10.0. The van der Waals surface area contributed by atoms with E-state index in [0.717, 1.165) is 19.5 Å². The molecule has 0 aromatic heterocycles. The third-order valence-corrected chi connectivity index (χ3v) is 3.12. The number of amides is 1. The molecule has 1 aliphatic rings. The highest BCUT2D eigenvalue weighted by Gasteiger charge is 2.19. The first-order valence-electron chi connectivity index (χ1n) is 5.94. The Labute approximate surface area is 101 Å². The summed E-state index contributed by atoms with van der Waals surface area (Å²) in [6.45, 7) is 1.78. The minimum atomic E-state index is -0.00120. The van der Waals surface area contributed by atoms with Gasteiger partial charge in [-0.3, -0.25) is 4.79 Å². The molecule has 1 unspecified atom stereocenters. The van der Waals surface area contributed by atoms with Gasteiger partial charge in [0.1, 0.15) is 5.75 Å². The van der Waals surface area contributed by atoms with E-state index in [1.54, 1.807) is 17.0 Å². The molecule has 1 aromatic carbocycles. The SMILES string of the molecule is CN(CC1CCCN1)C(=O)c1ccc(O)cc1. The van der Waals surface area contributed by atoms with Gasteiger partial charge >= 0.3 is 0 Å². The number of hydrogen-bond acceptors (Lipinski definition) is 3. The van der Waals surface area contributed by atoms with E-state index in [1.807, 2.05) is 7.05 Å². The van der Waals surface area contributed by atoms with Crippen LogP contribution in [0, 0.1) is 0 Å². The van der Waals surface area contributed by atoms with Crippen LogP contribution in [0.1, 0.15) is 23.2 Å². The van der Waals surface area contributed by atoms with Crippen molar-refractivity contribution in [3.05, 3.63) is 29.8 Å². The quantitative estimate of drug-likeness (QED) is 0.826. The Morgan fingerprint density at radius 1 is 1.47 bits per heavy atom. The first-order chi connectivity index (χ1) is 8.16. The second kappa shape index (κ2) is 5.19. The molecule has 92 valence electrons. The summed E-state index contributed by atoms with van der Waals surface area (Å²) in [7, 11) is 1.81. The molecule has 1 atom stereocenters. The molecule has 1 amide bonds. The van der Waals surface area contributed by atoms with Crippen LogP contribution < -0.4 is 5.32 Å². The van der Waals surface area contributed by atoms with Gasteiger partial charge in [0.05, 0.1) is 0 Å². The third kappa shape index (κ3) is 2.97. The molecular formula is C13H18N2O2. The van der Waals surface area contributed by atoms with Crippen LogP contribution in [0.2, 0.25) is 0 Å². The molecular weight excluding hydrogens is 216 g/mol. The normalized spacial score (nSPS) is 19.2. The van der Waals surface area contributed by atoms with Crippen molar-refractivity contribution < 1.29 is 9.90 Å². The average Bonchev–Trinajstić information content (AvgIpc) is 2.82. The summed E-state index contributed by atoms with van der Waals surface area (Å²) in [6.07, 6.45) is 2.32. The Morgan fingerprint density at radius 2 is 2.18 bits per heavy atom. The number of benzene rings is 1. The lowest BCUT2D eigenvalue weighted by Gasteiger charge is -2.21. The summed E-state index contributed by atoms with van der Waals surface area (Å²) in [6, 6.07) is 6.79. The molecule has 1 aliphatic heterocycles. The summed E-state index contributed by atoms with van der Waals surface area (Å²) in [4.78, 5) is 13.8. The van der Waals surface area contributed by atoms with Crippen LogP contribution in [0.15, 0.2) is 24.3 Å². The smallest absolute Gasteiger partial charge is 0.253 e. The Morgan fingerprint density at radius 3 is 2.76 bits per heavy atom. The van der Waals surface area contributed by atoms with Gasteiger partial charge in [0.2, 0.25) is 0 Å². The number of rotatable bonds is 3. The lowest BCUT2D eigenvalue weighted by Crippen LogP contribution is -2.38. The number of phenols is 1. The van der Waals surface area contributed by atoms with Gasteiger partial charge in [-0.2, -0.15) is 0 Å². The summed E-state index contributed by atoms with van der Waals surface area (Å²) < 4.78 is 0. The van der Waals surface area contributed by atoms with Crippen LogP contribution in [0.5, 0.6) is 5.75 Å². The summed E-state index contributed by atoms with van der Waals surface area (Å²) >= 11 is 0. The predicted molar refractivity (Wildman–Crippen MR) is 66.1 cm³/mol. The monoisotopic (exact) mass is 234 g/mol. The summed E-state index contributed by atoms with van der Waals surface area (Å²) in [5, 5.41) is 12.5. The molecule has 2 rings (SSSR count). The fraction of sp³-hybridized carbons (Fsp3) is 0.462. The van der Waals surface area contributed by atoms with E-state index in [-0.39, 0.29) is 11.7 Å². The second-order valence-corrected chi connectivity index (χ2v) is 4.53. The van der Waals surface area contributed by atoms with E-state index in [4.69, 9.17) is 0 Å². The molecule has 2 N–H and O–H groups in total. The molecule has 0 aliphatic carbocycles. The molecule has 17 heavy (non-hydrogen) atoms. The zero-order chi connectivity index (χ0) is 12.3. The number of nitrogens with zero attached hydrogens (tertiary/aromatic N) is 1. The lowest BCUT2D eigenvalue weighted by molar-refractivity contribution is 0.0784. The maximum Gasteiger partial charge on any atom is 0.253 e. The van der Waals surface area contributed by atoms with Gasteiger partial charge in [-0.15, -0.1) is 0 Å². The Kier molecular flexibility index (Phi) is 3.64. The van der Waals surface area contributed by atoms with E-state index >= 15 is 0 Å². The summed E-state index contributed by atoms with van der Waals surface area (Å²) in [5.41, 5.74) is 0.614. The zero-order valence-corrected chi connectivity index (χ0v) is 10.0. The second-order valence-electron chi connectivity index (χ2n) is 4.53. The molecule has 1 saturated heterocycles. The maximum absolute atomic E-state index is 12.1. The van der Waals surface area contributed by atoms with E-state index in [2.05, 4.69) is 5.32 Å². The van der Waals surface area contributed by atoms with Crippen molar-refractivity contribution in [1.82, 2.24) is 10.2 Å². The number of phenolic OH excluding ortho intramolecular Hbond substituents is 1. The van der Waals surface area contributed by atoms with Crippen LogP contribution in [-0.2, 0) is 0 Å². The van der Waals surface area contributed by atoms with Gasteiger partial charge in [-0.05, 0) is 43.7 Å². The van der Waals surface area contributed by atoms with Crippen LogP contribution in [-0.4, -0.2) is 42.1 Å². The van der Waals surface area contributed by atoms with Gasteiger partial charge in [0, 0.05) is 25.2 Å². The molecule has 4 nitrogen and oxygen atoms in total. The van der Waals surface area contributed by atoms with Gasteiger partial charge in [-0.1, -0.05) is 0 Å². The lowest BCUT2D eigenvalue weighted by atomic mass is 10.1. The Hall–Kier alpha value is -1.55. The van der Waals surface area contributed by atoms with Crippen molar-refractivity contribution in [2.45, 2.75) is 18.9 Å². The van der Waals surface area contributed by atoms with Crippen LogP contribution in [0.3, 0.4) is 0 Å². The van der Waals surface area contributed by atoms with E-state index in [9.17, 15) is 9.90 Å². The number of aromatic hydroxyl groups is 1. The molecule has 4 heteroatoms. The maximum atomic E-state index is 12.1. The van der Waals surface area contributed by atoms with E-state index in [1.165, 1.54) is 18.6 Å². The number of likely N-dealkylation sites (N-methyl/N-ethyl adjacent to an activating group) is 1. The van der Waals surface area contributed by atoms with Crippen molar-refractivity contribution >= 4 is 5.91 Å². The number of nitrogens with one attached hydrogen (secondary N) is 1. The molecule has 0 radical (unpaired) electrons. The van der Waals surface area contributed by atoms with E-state index in [0.29, 0.717) is 11.6 Å². The topological polar surface area (TPSA) is 52.6 Å². The standard InChI is InChI=1S/C13H18N2O2/c1-15(9-11-3-2-8-14-11)13(17)10-4-6-12(16)7-5-10/h4-7,11,14,16H,2-3,8-9H2,1H3. The van der Waals surface area contributed by atoms with Crippen molar-refractivity contribution in [1.29, 1.82) is 0 Å². The third-order valence-electron chi connectivity index (χ3n) is 3.12. The Bertz CT molecular complexity index is 383.